The maximum Gasteiger partial charge on any atom is 0.186 e. The lowest BCUT2D eigenvalue weighted by Gasteiger charge is -2.09. The molecule has 1 aliphatic rings. The summed E-state index contributed by atoms with van der Waals surface area (Å²) in [6.45, 7) is 0. The fraction of sp³-hybridized carbons (Fsp3) is 0.250. The molecule has 0 radical (unpaired) electrons. The molecule has 0 spiro atoms. The highest BCUT2D eigenvalue weighted by molar-refractivity contribution is 9.10. The summed E-state index contributed by atoms with van der Waals surface area (Å²) < 4.78 is 0.891. The number of hydrogen-bond donors (Lipinski definition) is 1. The molecule has 0 amide bonds. The molecule has 0 saturated heterocycles. The lowest BCUT2D eigenvalue weighted by molar-refractivity contribution is -0.116. The number of nitrogens with zero attached hydrogens (tertiary/aromatic N) is 2. The highest BCUT2D eigenvalue weighted by atomic mass is 79.9. The lowest BCUT2D eigenvalue weighted by Crippen LogP contribution is -2.09. The van der Waals surface area contributed by atoms with Crippen LogP contribution in [0.4, 0.5) is 5.69 Å². The predicted octanol–water partition coefficient (Wildman–Crippen LogP) is 4.06. The summed E-state index contributed by atoms with van der Waals surface area (Å²) in [6.07, 6.45) is 1.61. The first kappa shape index (κ1) is 12.0. The maximum absolute atomic E-state index is 11.5. The Morgan fingerprint density at radius 3 is 2.76 bits per heavy atom. The summed E-state index contributed by atoms with van der Waals surface area (Å²) in [5.74, 6) is -0.104. The predicted molar refractivity (Wildman–Crippen MR) is 67.2 cm³/mol. The Kier molecular flexibility index (Phi) is 3.68. The number of carbonyl (C=O) groups is 1. The average Bonchev–Trinajstić information content (AvgIpc) is 2.28. The van der Waals surface area contributed by atoms with Crippen molar-refractivity contribution in [3.05, 3.63) is 40.2 Å². The van der Waals surface area contributed by atoms with Crippen molar-refractivity contribution in [2.24, 2.45) is 10.2 Å². The standard InChI is InChI=1S/C12H11BrN2O2/c13-8-3-1-4-9(7-8)14-15-12-10(16)5-2-6-11(12)17/h1,3-4,7,16H,2,5-6H2. The largest absolute Gasteiger partial charge is 0.510 e. The first-order chi connectivity index (χ1) is 8.16. The molecule has 1 aliphatic carbocycles. The fourth-order valence-electron chi connectivity index (χ4n) is 1.57. The molecule has 0 unspecified atom stereocenters. The van der Waals surface area contributed by atoms with Crippen LogP contribution in [0.2, 0.25) is 0 Å². The summed E-state index contributed by atoms with van der Waals surface area (Å²) >= 11 is 3.32. The molecular formula is C12H11BrN2O2. The third-order valence-corrected chi connectivity index (χ3v) is 2.92. The van der Waals surface area contributed by atoms with Gasteiger partial charge in [0.05, 0.1) is 5.69 Å². The van der Waals surface area contributed by atoms with Crippen LogP contribution >= 0.6 is 15.9 Å². The van der Waals surface area contributed by atoms with Crippen LogP contribution in [0.15, 0.2) is 50.4 Å². The first-order valence-electron chi connectivity index (χ1n) is 5.29. The van der Waals surface area contributed by atoms with Crippen LogP contribution in [-0.2, 0) is 4.79 Å². The SMILES string of the molecule is O=C1CCCC(O)=C1N=Nc1cccc(Br)c1. The average molecular weight is 295 g/mol. The molecule has 0 saturated carbocycles. The van der Waals surface area contributed by atoms with E-state index in [9.17, 15) is 9.90 Å². The van der Waals surface area contributed by atoms with Gasteiger partial charge in [-0.15, -0.1) is 5.11 Å². The van der Waals surface area contributed by atoms with Gasteiger partial charge >= 0.3 is 0 Å². The topological polar surface area (TPSA) is 62.0 Å². The van der Waals surface area contributed by atoms with Gasteiger partial charge in [0.2, 0.25) is 0 Å². The Hall–Kier alpha value is -1.49. The minimum Gasteiger partial charge on any atom is -0.510 e. The molecule has 1 aromatic rings. The molecular weight excluding hydrogens is 284 g/mol. The zero-order chi connectivity index (χ0) is 12.3. The highest BCUT2D eigenvalue weighted by Gasteiger charge is 2.19. The molecule has 0 aliphatic heterocycles. The molecule has 0 atom stereocenters. The number of allylic oxidation sites excluding steroid dienone is 2. The van der Waals surface area contributed by atoms with E-state index in [-0.39, 0.29) is 17.2 Å². The number of Topliss-reactive ketones (excluding diaryl/α,β-unsaturated/α-hetero) is 1. The zero-order valence-corrected chi connectivity index (χ0v) is 10.6. The van der Waals surface area contributed by atoms with Gasteiger partial charge in [-0.05, 0) is 24.6 Å². The summed E-state index contributed by atoms with van der Waals surface area (Å²) in [5, 5.41) is 17.4. The Morgan fingerprint density at radius 2 is 2.06 bits per heavy atom. The number of carbonyl (C=O) groups excluding carboxylic acids is 1. The van der Waals surface area contributed by atoms with Crippen molar-refractivity contribution in [3.8, 4) is 0 Å². The number of aliphatic hydroxyl groups excluding tert-OH is 1. The van der Waals surface area contributed by atoms with E-state index in [1.165, 1.54) is 0 Å². The Morgan fingerprint density at radius 1 is 1.24 bits per heavy atom. The molecule has 88 valence electrons. The molecule has 0 heterocycles. The molecule has 4 nitrogen and oxygen atoms in total. The van der Waals surface area contributed by atoms with Crippen LogP contribution in [0, 0.1) is 0 Å². The summed E-state index contributed by atoms with van der Waals surface area (Å²) in [7, 11) is 0. The van der Waals surface area contributed by atoms with Crippen LogP contribution < -0.4 is 0 Å². The van der Waals surface area contributed by atoms with Crippen molar-refractivity contribution < 1.29 is 9.90 Å². The van der Waals surface area contributed by atoms with Crippen molar-refractivity contribution in [3.63, 3.8) is 0 Å². The summed E-state index contributed by atoms with van der Waals surface area (Å²) in [4.78, 5) is 11.5. The van der Waals surface area contributed by atoms with Gasteiger partial charge in [0, 0.05) is 17.3 Å². The van der Waals surface area contributed by atoms with Gasteiger partial charge in [-0.2, -0.15) is 5.11 Å². The second-order valence-electron chi connectivity index (χ2n) is 3.75. The minimum atomic E-state index is -0.146. The smallest absolute Gasteiger partial charge is 0.186 e. The zero-order valence-electron chi connectivity index (χ0n) is 9.06. The molecule has 5 heteroatoms. The quantitative estimate of drug-likeness (QED) is 0.836. The number of ketones is 1. The van der Waals surface area contributed by atoms with E-state index in [1.807, 2.05) is 12.1 Å². The molecule has 0 bridgehead atoms. The number of azo groups is 1. The summed E-state index contributed by atoms with van der Waals surface area (Å²) in [5.41, 5.74) is 0.731. The van der Waals surface area contributed by atoms with Gasteiger partial charge in [0.1, 0.15) is 5.76 Å². The van der Waals surface area contributed by atoms with E-state index in [2.05, 4.69) is 26.2 Å². The molecule has 0 aromatic heterocycles. The van der Waals surface area contributed by atoms with Gasteiger partial charge in [-0.1, -0.05) is 22.0 Å². The molecule has 17 heavy (non-hydrogen) atoms. The first-order valence-corrected chi connectivity index (χ1v) is 6.09. The van der Waals surface area contributed by atoms with Gasteiger partial charge < -0.3 is 5.11 Å². The lowest BCUT2D eigenvalue weighted by atomic mass is 10.0. The second-order valence-corrected chi connectivity index (χ2v) is 4.67. The second kappa shape index (κ2) is 5.23. The number of aliphatic hydroxyl groups is 1. The van der Waals surface area contributed by atoms with Crippen LogP contribution in [0.5, 0.6) is 0 Å². The number of hydrogen-bond acceptors (Lipinski definition) is 4. The van der Waals surface area contributed by atoms with E-state index in [4.69, 9.17) is 0 Å². The van der Waals surface area contributed by atoms with Gasteiger partial charge in [0.15, 0.2) is 11.5 Å². The van der Waals surface area contributed by atoms with Crippen LogP contribution in [0.1, 0.15) is 19.3 Å². The van der Waals surface area contributed by atoms with Crippen LogP contribution in [0.25, 0.3) is 0 Å². The van der Waals surface area contributed by atoms with Crippen molar-refractivity contribution in [2.75, 3.05) is 0 Å². The maximum atomic E-state index is 11.5. The van der Waals surface area contributed by atoms with E-state index in [0.717, 1.165) is 4.47 Å². The fourth-order valence-corrected chi connectivity index (χ4v) is 1.96. The Balaban J connectivity index is 2.23. The van der Waals surface area contributed by atoms with Crippen molar-refractivity contribution >= 4 is 27.4 Å². The normalized spacial score (nSPS) is 16.9. The number of benzene rings is 1. The van der Waals surface area contributed by atoms with Crippen molar-refractivity contribution in [1.29, 1.82) is 0 Å². The molecule has 1 N–H and O–H groups in total. The third-order valence-electron chi connectivity index (χ3n) is 2.43. The number of rotatable bonds is 2. The molecule has 0 fully saturated rings. The van der Waals surface area contributed by atoms with Crippen LogP contribution in [0.3, 0.4) is 0 Å². The Bertz CT molecular complexity index is 509. The van der Waals surface area contributed by atoms with E-state index < -0.39 is 0 Å². The van der Waals surface area contributed by atoms with Gasteiger partial charge in [-0.25, -0.2) is 0 Å². The van der Waals surface area contributed by atoms with Crippen LogP contribution in [-0.4, -0.2) is 10.9 Å². The van der Waals surface area contributed by atoms with Crippen molar-refractivity contribution in [1.82, 2.24) is 0 Å². The Labute approximate surface area is 107 Å². The monoisotopic (exact) mass is 294 g/mol. The van der Waals surface area contributed by atoms with Crippen molar-refractivity contribution in [2.45, 2.75) is 19.3 Å². The number of halogens is 1. The van der Waals surface area contributed by atoms with E-state index in [1.54, 1.807) is 12.1 Å². The highest BCUT2D eigenvalue weighted by Crippen LogP contribution is 2.24. The van der Waals surface area contributed by atoms with Gasteiger partial charge in [-0.3, -0.25) is 4.79 Å². The minimum absolute atomic E-state index is 0.0417. The van der Waals surface area contributed by atoms with E-state index >= 15 is 0 Å². The van der Waals surface area contributed by atoms with Gasteiger partial charge in [0.25, 0.3) is 0 Å². The van der Waals surface area contributed by atoms with E-state index in [0.29, 0.717) is 24.9 Å². The third kappa shape index (κ3) is 3.00. The molecule has 2 rings (SSSR count). The summed E-state index contributed by atoms with van der Waals surface area (Å²) in [6, 6.07) is 7.27. The molecule has 1 aromatic carbocycles.